The van der Waals surface area contributed by atoms with E-state index >= 15 is 0 Å². The molecular weight excluding hydrogens is 391 g/mol. The van der Waals surface area contributed by atoms with Crippen molar-refractivity contribution in [1.29, 1.82) is 0 Å². The highest BCUT2D eigenvalue weighted by Crippen LogP contribution is 2.18. The summed E-state index contributed by atoms with van der Waals surface area (Å²) in [5.74, 6) is -0.316. The second-order valence-electron chi connectivity index (χ2n) is 6.62. The molecule has 0 bridgehead atoms. The number of nitrogens with two attached hydrogens (primary N) is 1. The molecule has 0 spiro atoms. The van der Waals surface area contributed by atoms with Gasteiger partial charge >= 0.3 is 0 Å². The van der Waals surface area contributed by atoms with Crippen molar-refractivity contribution >= 4 is 35.0 Å². The van der Waals surface area contributed by atoms with Crippen molar-refractivity contribution in [3.05, 3.63) is 70.4 Å². The lowest BCUT2D eigenvalue weighted by atomic mass is 10.1. The summed E-state index contributed by atoms with van der Waals surface area (Å²) in [6.45, 7) is 0.417. The number of carbonyl (C=O) groups is 1. The first kappa shape index (κ1) is 18.9. The Labute approximate surface area is 170 Å². The van der Waals surface area contributed by atoms with Crippen LogP contribution in [0.5, 0.6) is 0 Å². The van der Waals surface area contributed by atoms with Crippen LogP contribution in [0.2, 0.25) is 0 Å². The highest BCUT2D eigenvalue weighted by atomic mass is 32.1. The van der Waals surface area contributed by atoms with Gasteiger partial charge in [-0.3, -0.25) is 4.79 Å². The number of benzene rings is 2. The predicted molar refractivity (Wildman–Crippen MR) is 112 cm³/mol. The van der Waals surface area contributed by atoms with Crippen molar-refractivity contribution in [2.24, 2.45) is 0 Å². The van der Waals surface area contributed by atoms with E-state index in [0.717, 1.165) is 11.4 Å². The number of H-pyrrole nitrogens is 2. The normalized spacial score (nSPS) is 11.1. The molecule has 0 saturated carbocycles. The van der Waals surface area contributed by atoms with E-state index in [4.69, 9.17) is 18.0 Å². The number of nitrogen functional groups attached to an aromatic ring is 1. The molecule has 4 aromatic rings. The Morgan fingerprint density at radius 1 is 1.21 bits per heavy atom. The first-order chi connectivity index (χ1) is 14.0. The molecule has 0 aliphatic carbocycles. The smallest absolute Gasteiger partial charge is 0.253 e. The Kier molecular flexibility index (Phi) is 5.13. The molecule has 0 aliphatic rings. The van der Waals surface area contributed by atoms with E-state index < -0.39 is 5.82 Å². The number of nitrogens with one attached hydrogen (secondary N) is 3. The summed E-state index contributed by atoms with van der Waals surface area (Å²) in [5, 5.41) is 7.33. The van der Waals surface area contributed by atoms with Crippen LogP contribution in [0, 0.1) is 10.6 Å². The van der Waals surface area contributed by atoms with Gasteiger partial charge in [0.15, 0.2) is 4.77 Å². The summed E-state index contributed by atoms with van der Waals surface area (Å²) in [6.07, 6.45) is 1.31. The Balaban J connectivity index is 1.38. The second-order valence-corrected chi connectivity index (χ2v) is 7.03. The number of hydrogen-bond donors (Lipinski definition) is 4. The molecule has 148 valence electrons. The average Bonchev–Trinajstić information content (AvgIpc) is 3.26. The molecule has 2 aromatic heterocycles. The fourth-order valence-corrected chi connectivity index (χ4v) is 3.41. The standard InChI is InChI=1S/C20H19FN6OS/c21-12-9-15(18-16(10-12)24-20(29)25-18)19(28)23-8-4-5-13-11-17(22)27(26-13)14-6-2-1-3-7-14/h1-3,6-7,9-11H,4-5,8,22H2,(H,23,28)(H2,24,25,29). The summed E-state index contributed by atoms with van der Waals surface area (Å²) in [4.78, 5) is 18.2. The number of nitrogens with zero attached hydrogens (tertiary/aromatic N) is 2. The van der Waals surface area contributed by atoms with Crippen molar-refractivity contribution in [2.45, 2.75) is 12.8 Å². The molecule has 0 atom stereocenters. The van der Waals surface area contributed by atoms with Crippen LogP contribution in [-0.2, 0) is 6.42 Å². The molecule has 0 radical (unpaired) electrons. The van der Waals surface area contributed by atoms with Crippen LogP contribution in [0.15, 0.2) is 48.5 Å². The third-order valence-electron chi connectivity index (χ3n) is 4.52. The van der Waals surface area contributed by atoms with E-state index in [1.807, 2.05) is 36.4 Å². The number of imidazole rings is 1. The number of anilines is 1. The van der Waals surface area contributed by atoms with E-state index in [2.05, 4.69) is 20.4 Å². The van der Waals surface area contributed by atoms with Gasteiger partial charge in [-0.25, -0.2) is 9.07 Å². The van der Waals surface area contributed by atoms with Crippen LogP contribution in [0.1, 0.15) is 22.5 Å². The number of aromatic amines is 2. The maximum Gasteiger partial charge on any atom is 0.253 e. The summed E-state index contributed by atoms with van der Waals surface area (Å²) in [5.41, 5.74) is 8.94. The van der Waals surface area contributed by atoms with Crippen molar-refractivity contribution in [3.63, 3.8) is 0 Å². The van der Waals surface area contributed by atoms with Gasteiger partial charge < -0.3 is 21.0 Å². The van der Waals surface area contributed by atoms with Gasteiger partial charge in [-0.05, 0) is 49.3 Å². The van der Waals surface area contributed by atoms with Crippen LogP contribution in [0.3, 0.4) is 0 Å². The van der Waals surface area contributed by atoms with Crippen molar-refractivity contribution in [2.75, 3.05) is 12.3 Å². The summed E-state index contributed by atoms with van der Waals surface area (Å²) < 4.78 is 15.8. The van der Waals surface area contributed by atoms with E-state index in [9.17, 15) is 9.18 Å². The van der Waals surface area contributed by atoms with Gasteiger partial charge in [-0.15, -0.1) is 0 Å². The SMILES string of the molecule is Nc1cc(CCCNC(=O)c2cc(F)cc3[nH]c(=S)[nH]c23)nn1-c1ccccc1. The van der Waals surface area contributed by atoms with Gasteiger partial charge in [0.25, 0.3) is 5.91 Å². The first-order valence-electron chi connectivity index (χ1n) is 9.11. The van der Waals surface area contributed by atoms with E-state index in [-0.39, 0.29) is 11.5 Å². The Bertz CT molecular complexity index is 1230. The average molecular weight is 410 g/mol. The fraction of sp³-hybridized carbons (Fsp3) is 0.150. The Morgan fingerprint density at radius 3 is 2.79 bits per heavy atom. The Morgan fingerprint density at radius 2 is 2.00 bits per heavy atom. The highest BCUT2D eigenvalue weighted by Gasteiger charge is 2.14. The van der Waals surface area contributed by atoms with Gasteiger partial charge in [0.2, 0.25) is 0 Å². The zero-order chi connectivity index (χ0) is 20.4. The lowest BCUT2D eigenvalue weighted by Crippen LogP contribution is -2.25. The molecule has 0 aliphatic heterocycles. The van der Waals surface area contributed by atoms with Crippen LogP contribution in [-0.4, -0.2) is 32.2 Å². The lowest BCUT2D eigenvalue weighted by Gasteiger charge is -2.06. The zero-order valence-corrected chi connectivity index (χ0v) is 16.2. The van der Waals surface area contributed by atoms with Crippen LogP contribution in [0.25, 0.3) is 16.7 Å². The number of carbonyl (C=O) groups excluding carboxylic acids is 1. The van der Waals surface area contributed by atoms with Crippen molar-refractivity contribution in [3.8, 4) is 5.69 Å². The van der Waals surface area contributed by atoms with Crippen LogP contribution < -0.4 is 11.1 Å². The quantitative estimate of drug-likeness (QED) is 0.288. The van der Waals surface area contributed by atoms with Gasteiger partial charge in [0.05, 0.1) is 28.0 Å². The number of aryl methyl sites for hydroxylation is 1. The molecule has 2 heterocycles. The van der Waals surface area contributed by atoms with Gasteiger partial charge in [-0.1, -0.05) is 18.2 Å². The molecule has 4 rings (SSSR count). The lowest BCUT2D eigenvalue weighted by molar-refractivity contribution is 0.0954. The van der Waals surface area contributed by atoms with Crippen LogP contribution in [0.4, 0.5) is 10.2 Å². The molecule has 9 heteroatoms. The van der Waals surface area contributed by atoms with Crippen LogP contribution >= 0.6 is 12.2 Å². The van der Waals surface area contributed by atoms with E-state index in [1.54, 1.807) is 4.68 Å². The van der Waals surface area contributed by atoms with Crippen molar-refractivity contribution in [1.82, 2.24) is 25.1 Å². The minimum absolute atomic E-state index is 0.213. The number of rotatable bonds is 6. The summed E-state index contributed by atoms with van der Waals surface area (Å²) in [6, 6.07) is 14.0. The highest BCUT2D eigenvalue weighted by molar-refractivity contribution is 7.71. The topological polar surface area (TPSA) is 105 Å². The summed E-state index contributed by atoms with van der Waals surface area (Å²) >= 11 is 5.03. The molecule has 5 N–H and O–H groups in total. The molecule has 0 unspecified atom stereocenters. The number of halogens is 1. The number of para-hydroxylation sites is 1. The number of fused-ring (bicyclic) bond motifs is 1. The molecular formula is C20H19FN6OS. The molecule has 29 heavy (non-hydrogen) atoms. The number of aromatic nitrogens is 4. The molecule has 2 aromatic carbocycles. The number of hydrogen-bond acceptors (Lipinski definition) is 4. The Hall–Kier alpha value is -3.46. The van der Waals surface area contributed by atoms with Gasteiger partial charge in [0, 0.05) is 12.6 Å². The number of amides is 1. The maximum atomic E-state index is 13.8. The molecule has 7 nitrogen and oxygen atoms in total. The zero-order valence-electron chi connectivity index (χ0n) is 15.4. The van der Waals surface area contributed by atoms with Gasteiger partial charge in [-0.2, -0.15) is 5.10 Å². The monoisotopic (exact) mass is 410 g/mol. The maximum absolute atomic E-state index is 13.8. The van der Waals surface area contributed by atoms with Crippen molar-refractivity contribution < 1.29 is 9.18 Å². The first-order valence-corrected chi connectivity index (χ1v) is 9.51. The minimum atomic E-state index is -0.505. The van der Waals surface area contributed by atoms with E-state index in [1.165, 1.54) is 12.1 Å². The largest absolute Gasteiger partial charge is 0.384 e. The van der Waals surface area contributed by atoms with Gasteiger partial charge in [0.1, 0.15) is 11.6 Å². The summed E-state index contributed by atoms with van der Waals surface area (Å²) in [7, 11) is 0. The predicted octanol–water partition coefficient (Wildman–Crippen LogP) is 3.50. The van der Waals surface area contributed by atoms with E-state index in [0.29, 0.717) is 41.0 Å². The molecule has 0 saturated heterocycles. The molecule has 1 amide bonds. The fourth-order valence-electron chi connectivity index (χ4n) is 3.20. The third-order valence-corrected chi connectivity index (χ3v) is 4.72. The minimum Gasteiger partial charge on any atom is -0.384 e. The second kappa shape index (κ2) is 7.88. The third kappa shape index (κ3) is 4.04. The molecule has 0 fully saturated rings.